The van der Waals surface area contributed by atoms with Crippen molar-refractivity contribution < 1.29 is 9.53 Å². The molecule has 136 valence electrons. The van der Waals surface area contributed by atoms with Gasteiger partial charge in [0.25, 0.3) is 0 Å². The molecule has 4 heterocycles. The Labute approximate surface area is 158 Å². The number of nitrogens with one attached hydrogen (secondary N) is 1. The van der Waals surface area contributed by atoms with Crippen molar-refractivity contribution in [2.24, 2.45) is 5.92 Å². The van der Waals surface area contributed by atoms with E-state index in [2.05, 4.69) is 21.3 Å². The van der Waals surface area contributed by atoms with Gasteiger partial charge in [-0.25, -0.2) is 4.79 Å². The van der Waals surface area contributed by atoms with Crippen LogP contribution in [0.5, 0.6) is 0 Å². The highest BCUT2D eigenvalue weighted by molar-refractivity contribution is 6.30. The number of piperidine rings is 3. The fourth-order valence-corrected chi connectivity index (χ4v) is 4.31. The molecule has 2 aromatic rings. The van der Waals surface area contributed by atoms with E-state index in [4.69, 9.17) is 16.3 Å². The van der Waals surface area contributed by atoms with Gasteiger partial charge in [0.15, 0.2) is 0 Å². The topological polar surface area (TPSA) is 54.5 Å². The Kier molecular flexibility index (Phi) is 5.09. The van der Waals surface area contributed by atoms with E-state index >= 15 is 0 Å². The van der Waals surface area contributed by atoms with E-state index in [1.54, 1.807) is 30.5 Å². The van der Waals surface area contributed by atoms with Crippen LogP contribution >= 0.6 is 11.6 Å². The third kappa shape index (κ3) is 3.84. The van der Waals surface area contributed by atoms with Crippen LogP contribution in [0.1, 0.15) is 18.4 Å². The highest BCUT2D eigenvalue weighted by Crippen LogP contribution is 2.36. The Morgan fingerprint density at radius 3 is 2.85 bits per heavy atom. The number of hydrogen-bond donors (Lipinski definition) is 1. The summed E-state index contributed by atoms with van der Waals surface area (Å²) in [5.74, 6) is 0.423. The highest BCUT2D eigenvalue weighted by atomic mass is 35.5. The molecule has 3 aliphatic rings. The number of hydrogen-bond acceptors (Lipinski definition) is 4. The van der Waals surface area contributed by atoms with Crippen molar-refractivity contribution in [2.45, 2.75) is 31.4 Å². The molecule has 2 atom stereocenters. The van der Waals surface area contributed by atoms with Crippen molar-refractivity contribution >= 4 is 23.4 Å². The molecular formula is C20H22ClN3O2. The lowest BCUT2D eigenvalue weighted by molar-refractivity contribution is -0.0741. The summed E-state index contributed by atoms with van der Waals surface area (Å²) in [4.78, 5) is 19.1. The number of carbonyl (C=O) groups is 1. The molecule has 1 aromatic heterocycles. The summed E-state index contributed by atoms with van der Waals surface area (Å²) in [6.45, 7) is 2.15. The zero-order valence-electron chi connectivity index (χ0n) is 14.5. The summed E-state index contributed by atoms with van der Waals surface area (Å²) in [5.41, 5.74) is 1.82. The molecule has 2 bridgehead atoms. The summed E-state index contributed by atoms with van der Waals surface area (Å²) in [5, 5.41) is 3.38. The Hall–Kier alpha value is -2.11. The minimum Gasteiger partial charge on any atom is -0.444 e. The molecule has 2 unspecified atom stereocenters. The van der Waals surface area contributed by atoms with Gasteiger partial charge in [-0.1, -0.05) is 23.7 Å². The fourth-order valence-electron chi connectivity index (χ4n) is 4.12. The largest absolute Gasteiger partial charge is 0.444 e. The van der Waals surface area contributed by atoms with Crippen LogP contribution in [-0.4, -0.2) is 41.2 Å². The van der Waals surface area contributed by atoms with Gasteiger partial charge < -0.3 is 4.74 Å². The Morgan fingerprint density at radius 2 is 2.12 bits per heavy atom. The predicted octanol–water partition coefficient (Wildman–Crippen LogP) is 3.99. The molecule has 5 rings (SSSR count). The molecule has 0 aliphatic carbocycles. The first-order chi connectivity index (χ1) is 12.7. The Bertz CT molecular complexity index is 763. The number of benzene rings is 1. The second-order valence-electron chi connectivity index (χ2n) is 7.01. The van der Waals surface area contributed by atoms with Gasteiger partial charge in [-0.3, -0.25) is 15.2 Å². The molecule has 0 saturated carbocycles. The lowest BCUT2D eigenvalue weighted by Gasteiger charge is -2.50. The van der Waals surface area contributed by atoms with Crippen LogP contribution in [0.2, 0.25) is 5.02 Å². The zero-order valence-corrected chi connectivity index (χ0v) is 15.2. The number of rotatable bonds is 4. The highest BCUT2D eigenvalue weighted by Gasteiger charge is 2.44. The summed E-state index contributed by atoms with van der Waals surface area (Å²) in [6.07, 6.45) is 6.17. The number of carbonyl (C=O) groups excluding carboxylic acids is 1. The smallest absolute Gasteiger partial charge is 0.411 e. The molecule has 1 N–H and O–H groups in total. The van der Waals surface area contributed by atoms with Crippen LogP contribution in [0.4, 0.5) is 10.5 Å². The third-order valence-electron chi connectivity index (χ3n) is 5.37. The number of pyridine rings is 1. The summed E-state index contributed by atoms with van der Waals surface area (Å²) < 4.78 is 5.90. The third-order valence-corrected chi connectivity index (χ3v) is 5.60. The maximum Gasteiger partial charge on any atom is 0.411 e. The maximum atomic E-state index is 12.5. The van der Waals surface area contributed by atoms with Crippen LogP contribution in [0, 0.1) is 5.92 Å². The number of amides is 1. The minimum absolute atomic E-state index is 0.100. The van der Waals surface area contributed by atoms with E-state index in [1.807, 2.05) is 12.3 Å². The molecule has 3 saturated heterocycles. The monoisotopic (exact) mass is 371 g/mol. The van der Waals surface area contributed by atoms with Gasteiger partial charge in [0.2, 0.25) is 0 Å². The maximum absolute atomic E-state index is 12.5. The van der Waals surface area contributed by atoms with Gasteiger partial charge in [0.1, 0.15) is 6.10 Å². The van der Waals surface area contributed by atoms with Gasteiger partial charge >= 0.3 is 6.09 Å². The quantitative estimate of drug-likeness (QED) is 0.882. The van der Waals surface area contributed by atoms with Gasteiger partial charge in [-0.05, 0) is 62.2 Å². The van der Waals surface area contributed by atoms with E-state index in [0.29, 0.717) is 16.6 Å². The molecule has 6 heteroatoms. The van der Waals surface area contributed by atoms with Crippen molar-refractivity contribution in [3.05, 3.63) is 59.4 Å². The first-order valence-electron chi connectivity index (χ1n) is 9.05. The number of fused-ring (bicyclic) bond motifs is 3. The Balaban J connectivity index is 1.46. The normalized spacial score (nSPS) is 27.1. The van der Waals surface area contributed by atoms with E-state index in [1.165, 1.54) is 5.56 Å². The number of halogens is 1. The first-order valence-corrected chi connectivity index (χ1v) is 9.43. The minimum atomic E-state index is -0.415. The van der Waals surface area contributed by atoms with Crippen molar-refractivity contribution in [1.82, 2.24) is 9.88 Å². The molecule has 1 amide bonds. The van der Waals surface area contributed by atoms with E-state index in [-0.39, 0.29) is 12.1 Å². The molecule has 5 nitrogen and oxygen atoms in total. The van der Waals surface area contributed by atoms with Crippen molar-refractivity contribution in [3.63, 3.8) is 0 Å². The molecule has 0 spiro atoms. The second kappa shape index (κ2) is 7.64. The average Bonchev–Trinajstić information content (AvgIpc) is 2.65. The van der Waals surface area contributed by atoms with Crippen LogP contribution in [0.15, 0.2) is 48.8 Å². The molecule has 26 heavy (non-hydrogen) atoms. The van der Waals surface area contributed by atoms with E-state index < -0.39 is 6.09 Å². The summed E-state index contributed by atoms with van der Waals surface area (Å²) >= 11 is 5.98. The number of anilines is 1. The molecule has 3 fully saturated rings. The molecule has 1 aromatic carbocycles. The van der Waals surface area contributed by atoms with Gasteiger partial charge in [-0.15, -0.1) is 0 Å². The van der Waals surface area contributed by atoms with Crippen LogP contribution in [-0.2, 0) is 11.2 Å². The van der Waals surface area contributed by atoms with Crippen molar-refractivity contribution in [1.29, 1.82) is 0 Å². The Morgan fingerprint density at radius 1 is 1.27 bits per heavy atom. The lowest BCUT2D eigenvalue weighted by atomic mass is 9.78. The fraction of sp³-hybridized carbons (Fsp3) is 0.400. The second-order valence-corrected chi connectivity index (χ2v) is 7.45. The standard InChI is InChI=1S/C20H22ClN3O2/c21-16-4-1-5-17(12-16)23-20(25)26-19-15-6-9-24(10-7-15)18(19)11-14-3-2-8-22-13-14/h1-5,8,12-13,15,18-19H,6-7,9-11H2,(H,23,25). The summed E-state index contributed by atoms with van der Waals surface area (Å²) in [7, 11) is 0. The number of ether oxygens (including phenoxy) is 1. The van der Waals surface area contributed by atoms with Crippen molar-refractivity contribution in [3.8, 4) is 0 Å². The molecule has 3 aliphatic heterocycles. The molecule has 0 radical (unpaired) electrons. The predicted molar refractivity (Wildman–Crippen MR) is 101 cm³/mol. The molecular weight excluding hydrogens is 350 g/mol. The lowest BCUT2D eigenvalue weighted by Crippen LogP contribution is -2.60. The van der Waals surface area contributed by atoms with E-state index in [0.717, 1.165) is 32.4 Å². The van der Waals surface area contributed by atoms with Crippen molar-refractivity contribution in [2.75, 3.05) is 18.4 Å². The van der Waals surface area contributed by atoms with Gasteiger partial charge in [-0.2, -0.15) is 0 Å². The average molecular weight is 372 g/mol. The number of aromatic nitrogens is 1. The number of nitrogens with zero attached hydrogens (tertiary/aromatic N) is 2. The zero-order chi connectivity index (χ0) is 17.9. The first kappa shape index (κ1) is 17.3. The van der Waals surface area contributed by atoms with Gasteiger partial charge in [0, 0.05) is 29.0 Å². The summed E-state index contributed by atoms with van der Waals surface area (Å²) in [6, 6.07) is 11.3. The SMILES string of the molecule is O=C(Nc1cccc(Cl)c1)OC1C2CCN(CC2)C1Cc1cccnc1. The van der Waals surface area contributed by atoms with Gasteiger partial charge in [0.05, 0.1) is 6.04 Å². The van der Waals surface area contributed by atoms with E-state index in [9.17, 15) is 4.79 Å². The van der Waals surface area contributed by atoms with Crippen LogP contribution in [0.25, 0.3) is 0 Å². The van der Waals surface area contributed by atoms with Crippen LogP contribution in [0.3, 0.4) is 0 Å². The van der Waals surface area contributed by atoms with Crippen LogP contribution < -0.4 is 5.32 Å².